The van der Waals surface area contributed by atoms with Gasteiger partial charge in [-0.3, -0.25) is 9.59 Å². The van der Waals surface area contributed by atoms with Crippen LogP contribution in [0.25, 0.3) is 16.6 Å². The highest BCUT2D eigenvalue weighted by molar-refractivity contribution is 5.92. The van der Waals surface area contributed by atoms with Crippen LogP contribution in [-0.4, -0.2) is 32.5 Å². The minimum Gasteiger partial charge on any atom is -0.447 e. The molecule has 2 heterocycles. The monoisotopic (exact) mass is 442 g/mol. The number of esters is 1. The van der Waals surface area contributed by atoms with Crippen molar-refractivity contribution in [3.8, 4) is 0 Å². The molecule has 1 saturated carbocycles. The molecule has 1 aliphatic rings. The second-order valence-corrected chi connectivity index (χ2v) is 8.58. The lowest BCUT2D eigenvalue weighted by Gasteiger charge is -2.18. The normalized spacial score (nSPS) is 14.4. The number of fused-ring (bicyclic) bond motifs is 3. The molecule has 1 amide bonds. The van der Waals surface area contributed by atoms with E-state index in [1.807, 2.05) is 60.8 Å². The quantitative estimate of drug-likeness (QED) is 0.438. The van der Waals surface area contributed by atoms with Crippen LogP contribution in [0.4, 0.5) is 0 Å². The zero-order valence-electron chi connectivity index (χ0n) is 18.7. The van der Waals surface area contributed by atoms with Crippen molar-refractivity contribution in [2.75, 3.05) is 0 Å². The minimum atomic E-state index is -0.946. The predicted molar refractivity (Wildman–Crippen MR) is 125 cm³/mol. The molecule has 1 unspecified atom stereocenters. The summed E-state index contributed by atoms with van der Waals surface area (Å²) >= 11 is 0. The summed E-state index contributed by atoms with van der Waals surface area (Å²) in [5, 5.41) is 8.62. The average Bonchev–Trinajstić information content (AvgIpc) is 3.56. The molecule has 33 heavy (non-hydrogen) atoms. The van der Waals surface area contributed by atoms with Gasteiger partial charge in [0.25, 0.3) is 5.91 Å². The summed E-state index contributed by atoms with van der Waals surface area (Å²) in [6, 6.07) is 17.2. The second kappa shape index (κ2) is 8.65. The molecular weight excluding hydrogens is 416 g/mol. The van der Waals surface area contributed by atoms with Crippen molar-refractivity contribution in [1.29, 1.82) is 0 Å². The first-order valence-electron chi connectivity index (χ1n) is 11.3. The molecule has 7 heteroatoms. The van der Waals surface area contributed by atoms with E-state index < -0.39 is 12.1 Å². The van der Waals surface area contributed by atoms with Gasteiger partial charge in [-0.25, -0.2) is 9.50 Å². The molecule has 0 bridgehead atoms. The van der Waals surface area contributed by atoms with Crippen LogP contribution >= 0.6 is 0 Å². The van der Waals surface area contributed by atoms with Gasteiger partial charge in [0.15, 0.2) is 5.65 Å². The van der Waals surface area contributed by atoms with Crippen molar-refractivity contribution in [1.82, 2.24) is 19.9 Å². The average molecular weight is 443 g/mol. The van der Waals surface area contributed by atoms with Crippen molar-refractivity contribution in [3.63, 3.8) is 0 Å². The molecule has 0 aliphatic heterocycles. The number of rotatable bonds is 7. The number of carbonyl (C=O) groups is 2. The molecule has 4 aromatic rings. The van der Waals surface area contributed by atoms with E-state index in [0.717, 1.165) is 46.3 Å². The van der Waals surface area contributed by atoms with E-state index in [1.54, 1.807) is 12.1 Å². The number of hydrogen-bond acceptors (Lipinski definition) is 5. The van der Waals surface area contributed by atoms with Crippen LogP contribution < -0.4 is 5.32 Å². The molecule has 2 aromatic carbocycles. The topological polar surface area (TPSA) is 85.6 Å². The highest BCUT2D eigenvalue weighted by atomic mass is 16.5. The van der Waals surface area contributed by atoms with E-state index >= 15 is 0 Å². The number of amides is 1. The summed E-state index contributed by atoms with van der Waals surface area (Å²) in [5.74, 6) is -0.685. The zero-order valence-corrected chi connectivity index (χ0v) is 18.7. The van der Waals surface area contributed by atoms with Crippen molar-refractivity contribution >= 4 is 28.4 Å². The lowest BCUT2D eigenvalue weighted by molar-refractivity contribution is -0.156. The number of carbonyl (C=O) groups excluding carboxylic acids is 2. The maximum absolute atomic E-state index is 12.8. The fourth-order valence-corrected chi connectivity index (χ4v) is 4.16. The molecule has 0 saturated heterocycles. The molecule has 1 fully saturated rings. The molecule has 5 rings (SSSR count). The van der Waals surface area contributed by atoms with E-state index in [1.165, 1.54) is 0 Å². The molecule has 168 valence electrons. The highest BCUT2D eigenvalue weighted by Crippen LogP contribution is 2.25. The number of benzene rings is 2. The van der Waals surface area contributed by atoms with Crippen LogP contribution in [0.5, 0.6) is 0 Å². The number of nitrogens with zero attached hydrogens (tertiary/aromatic N) is 3. The van der Waals surface area contributed by atoms with Crippen LogP contribution in [0.3, 0.4) is 0 Å². The Balaban J connectivity index is 1.34. The Bertz CT molecular complexity index is 1340. The van der Waals surface area contributed by atoms with Gasteiger partial charge in [-0.15, -0.1) is 0 Å². The molecule has 2 aromatic heterocycles. The maximum atomic E-state index is 12.8. The first-order valence-corrected chi connectivity index (χ1v) is 11.3. The third-order valence-electron chi connectivity index (χ3n) is 6.11. The molecule has 0 radical (unpaired) electrons. The molecule has 1 atom stereocenters. The summed E-state index contributed by atoms with van der Waals surface area (Å²) in [5.41, 5.74) is 5.15. The Kier molecular flexibility index (Phi) is 5.54. The number of ether oxygens (including phenoxy) is 1. The van der Waals surface area contributed by atoms with Crippen LogP contribution in [0.2, 0.25) is 0 Å². The number of hydrogen-bond donors (Lipinski definition) is 1. The largest absolute Gasteiger partial charge is 0.447 e. The Morgan fingerprint density at radius 1 is 1.09 bits per heavy atom. The van der Waals surface area contributed by atoms with Gasteiger partial charge in [-0.2, -0.15) is 5.10 Å². The third kappa shape index (κ3) is 4.31. The fourth-order valence-electron chi connectivity index (χ4n) is 4.16. The van der Waals surface area contributed by atoms with Gasteiger partial charge in [-0.1, -0.05) is 42.5 Å². The summed E-state index contributed by atoms with van der Waals surface area (Å²) in [4.78, 5) is 30.3. The molecule has 0 spiro atoms. The summed E-state index contributed by atoms with van der Waals surface area (Å²) in [6.07, 6.45) is 1.60. The molecular formula is C26H26N4O3. The van der Waals surface area contributed by atoms with Crippen molar-refractivity contribution in [2.45, 2.75) is 51.7 Å². The van der Waals surface area contributed by atoms with Gasteiger partial charge >= 0.3 is 5.97 Å². The second-order valence-electron chi connectivity index (χ2n) is 8.58. The molecule has 1 aliphatic carbocycles. The lowest BCUT2D eigenvalue weighted by atomic mass is 10.1. The number of aryl methyl sites for hydroxylation is 2. The Labute approximate surface area is 191 Å². The summed E-state index contributed by atoms with van der Waals surface area (Å²) in [7, 11) is 0. The van der Waals surface area contributed by atoms with Crippen LogP contribution in [0.1, 0.15) is 47.9 Å². The molecule has 7 nitrogen and oxygen atoms in total. The standard InChI is InChI=1S/C26H26N4O3/c1-16-20(17(2)30-25(27-16)21-10-6-7-11-22(21)29-30)14-15-23(31)33-24(18-8-4-3-5-9-18)26(32)28-19-12-13-19/h3-11,19,24H,12-15H2,1-2H3,(H,28,32). The van der Waals surface area contributed by atoms with E-state index in [9.17, 15) is 9.59 Å². The smallest absolute Gasteiger partial charge is 0.307 e. The van der Waals surface area contributed by atoms with Crippen LogP contribution in [0.15, 0.2) is 54.6 Å². The first kappa shape index (κ1) is 21.1. The fraction of sp³-hybridized carbons (Fsp3) is 0.308. The van der Waals surface area contributed by atoms with Gasteiger partial charge in [0.05, 0.1) is 5.52 Å². The van der Waals surface area contributed by atoms with E-state index in [-0.39, 0.29) is 18.4 Å². The SMILES string of the molecule is Cc1nc2c3ccccc3nn2c(C)c1CCC(=O)OC(C(=O)NC1CC1)c1ccccc1. The Morgan fingerprint density at radius 2 is 1.82 bits per heavy atom. The predicted octanol–water partition coefficient (Wildman–Crippen LogP) is 4.00. The highest BCUT2D eigenvalue weighted by Gasteiger charge is 2.30. The van der Waals surface area contributed by atoms with Gasteiger partial charge in [0, 0.05) is 34.8 Å². The van der Waals surface area contributed by atoms with Crippen LogP contribution in [-0.2, 0) is 20.7 Å². The van der Waals surface area contributed by atoms with Crippen molar-refractivity contribution < 1.29 is 14.3 Å². The first-order chi connectivity index (χ1) is 16.0. The van der Waals surface area contributed by atoms with Gasteiger partial charge in [0.1, 0.15) is 0 Å². The van der Waals surface area contributed by atoms with E-state index in [2.05, 4.69) is 10.4 Å². The number of nitrogens with one attached hydrogen (secondary N) is 1. The summed E-state index contributed by atoms with van der Waals surface area (Å²) in [6.45, 7) is 3.94. The van der Waals surface area contributed by atoms with E-state index in [4.69, 9.17) is 9.72 Å². The summed E-state index contributed by atoms with van der Waals surface area (Å²) < 4.78 is 7.51. The van der Waals surface area contributed by atoms with Crippen molar-refractivity contribution in [2.24, 2.45) is 0 Å². The van der Waals surface area contributed by atoms with Crippen molar-refractivity contribution in [3.05, 3.63) is 77.1 Å². The minimum absolute atomic E-state index is 0.149. The van der Waals surface area contributed by atoms with Gasteiger partial charge < -0.3 is 10.1 Å². The Morgan fingerprint density at radius 3 is 2.58 bits per heavy atom. The Hall–Kier alpha value is -3.74. The molecule has 1 N–H and O–H groups in total. The maximum Gasteiger partial charge on any atom is 0.307 e. The number of aromatic nitrogens is 3. The van der Waals surface area contributed by atoms with Gasteiger partial charge in [-0.05, 0) is 50.8 Å². The van der Waals surface area contributed by atoms with Crippen LogP contribution in [0, 0.1) is 13.8 Å². The van der Waals surface area contributed by atoms with Gasteiger partial charge in [0.2, 0.25) is 6.10 Å². The zero-order chi connectivity index (χ0) is 22.9. The third-order valence-corrected chi connectivity index (χ3v) is 6.11. The lowest BCUT2D eigenvalue weighted by Crippen LogP contribution is -2.33. The van der Waals surface area contributed by atoms with E-state index in [0.29, 0.717) is 12.0 Å².